The zero-order valence-corrected chi connectivity index (χ0v) is 15.6. The van der Waals surface area contributed by atoms with Gasteiger partial charge >= 0.3 is 0 Å². The molecule has 5 nitrogen and oxygen atoms in total. The Bertz CT molecular complexity index is 641. The molecule has 3 rings (SSSR count). The van der Waals surface area contributed by atoms with Crippen LogP contribution in [0.25, 0.3) is 0 Å². The molecule has 0 aromatic carbocycles. The van der Waals surface area contributed by atoms with Crippen LogP contribution >= 0.6 is 0 Å². The first-order chi connectivity index (χ1) is 12.1. The number of nitrogens with zero attached hydrogens (tertiary/aromatic N) is 3. The zero-order chi connectivity index (χ0) is 17.6. The Labute approximate surface area is 150 Å². The average Bonchev–Trinajstić information content (AvgIpc) is 2.61. The molecule has 1 fully saturated rings. The number of aryl methyl sites for hydroxylation is 1. The van der Waals surface area contributed by atoms with Crippen molar-refractivity contribution in [2.24, 2.45) is 5.92 Å². The van der Waals surface area contributed by atoms with E-state index in [2.05, 4.69) is 28.3 Å². The lowest BCUT2D eigenvalue weighted by molar-refractivity contribution is 0.0677. The molecule has 1 aromatic heterocycles. The number of aromatic nitrogens is 2. The smallest absolute Gasteiger partial charge is 0.272 e. The van der Waals surface area contributed by atoms with Gasteiger partial charge in [-0.15, -0.1) is 0 Å². The highest BCUT2D eigenvalue weighted by Crippen LogP contribution is 2.20. The molecule has 0 spiro atoms. The Morgan fingerprint density at radius 1 is 1.32 bits per heavy atom. The highest BCUT2D eigenvalue weighted by Gasteiger charge is 2.23. The molecule has 2 aliphatic rings. The van der Waals surface area contributed by atoms with Crippen LogP contribution in [0.4, 0.5) is 5.95 Å². The van der Waals surface area contributed by atoms with Gasteiger partial charge in [-0.25, -0.2) is 9.97 Å². The predicted molar refractivity (Wildman–Crippen MR) is 101 cm³/mol. The molecule has 25 heavy (non-hydrogen) atoms. The molecule has 2 heterocycles. The van der Waals surface area contributed by atoms with Gasteiger partial charge in [0, 0.05) is 25.3 Å². The fourth-order valence-electron chi connectivity index (χ4n) is 3.76. The van der Waals surface area contributed by atoms with E-state index in [0.29, 0.717) is 17.6 Å². The first-order valence-electron chi connectivity index (χ1n) is 9.68. The van der Waals surface area contributed by atoms with Crippen molar-refractivity contribution in [3.05, 3.63) is 29.1 Å². The van der Waals surface area contributed by atoms with Crippen molar-refractivity contribution < 1.29 is 4.79 Å². The van der Waals surface area contributed by atoms with Crippen molar-refractivity contribution in [1.82, 2.24) is 14.9 Å². The lowest BCUT2D eigenvalue weighted by atomic mass is 9.97. The summed E-state index contributed by atoms with van der Waals surface area (Å²) in [5, 5.41) is 3.31. The normalized spacial score (nSPS) is 21.0. The molecule has 1 aromatic rings. The molecule has 1 atom stereocenters. The zero-order valence-electron chi connectivity index (χ0n) is 15.6. The largest absolute Gasteiger partial charge is 0.354 e. The van der Waals surface area contributed by atoms with Gasteiger partial charge in [0.1, 0.15) is 5.69 Å². The SMILES string of the molecule is Cc1cc(C(=O)N2CCCC(C)C2)nc(NCCC2=CCCCC2)n1. The fourth-order valence-corrected chi connectivity index (χ4v) is 3.76. The minimum absolute atomic E-state index is 0.0371. The summed E-state index contributed by atoms with van der Waals surface area (Å²) in [6.45, 7) is 6.62. The Morgan fingerprint density at radius 2 is 2.20 bits per heavy atom. The maximum Gasteiger partial charge on any atom is 0.272 e. The third-order valence-electron chi connectivity index (χ3n) is 5.13. The standard InChI is InChI=1S/C20H30N4O/c1-15-7-6-12-24(14-15)19(25)18-13-16(2)22-20(23-18)21-11-10-17-8-4-3-5-9-17/h8,13,15H,3-7,9-12,14H2,1-2H3,(H,21,22,23). The van der Waals surface area contributed by atoms with Crippen LogP contribution in [0.15, 0.2) is 17.7 Å². The van der Waals surface area contributed by atoms with Gasteiger partial charge in [-0.1, -0.05) is 18.6 Å². The van der Waals surface area contributed by atoms with Gasteiger partial charge in [-0.3, -0.25) is 4.79 Å². The molecule has 0 bridgehead atoms. The van der Waals surface area contributed by atoms with E-state index in [0.717, 1.165) is 38.2 Å². The number of piperidine rings is 1. The van der Waals surface area contributed by atoms with Gasteiger partial charge in [-0.05, 0) is 63.9 Å². The van der Waals surface area contributed by atoms with Crippen LogP contribution in [0.2, 0.25) is 0 Å². The molecule has 1 N–H and O–H groups in total. The van der Waals surface area contributed by atoms with E-state index in [1.54, 1.807) is 6.07 Å². The Balaban J connectivity index is 1.61. The quantitative estimate of drug-likeness (QED) is 0.823. The second kappa shape index (κ2) is 8.45. The molecule has 5 heteroatoms. The van der Waals surface area contributed by atoms with Gasteiger partial charge in [0.15, 0.2) is 0 Å². The molecule has 0 radical (unpaired) electrons. The number of carbonyl (C=O) groups is 1. The van der Waals surface area contributed by atoms with Crippen molar-refractivity contribution >= 4 is 11.9 Å². The number of likely N-dealkylation sites (tertiary alicyclic amines) is 1. The molecule has 0 saturated carbocycles. The molecular weight excluding hydrogens is 312 g/mol. The highest BCUT2D eigenvalue weighted by molar-refractivity contribution is 5.92. The summed E-state index contributed by atoms with van der Waals surface area (Å²) < 4.78 is 0. The van der Waals surface area contributed by atoms with Crippen molar-refractivity contribution in [3.8, 4) is 0 Å². The summed E-state index contributed by atoms with van der Waals surface area (Å²) >= 11 is 0. The second-order valence-electron chi connectivity index (χ2n) is 7.50. The van der Waals surface area contributed by atoms with Crippen LogP contribution < -0.4 is 5.32 Å². The molecule has 136 valence electrons. The van der Waals surface area contributed by atoms with Crippen LogP contribution in [-0.4, -0.2) is 40.4 Å². The molecule has 1 amide bonds. The lowest BCUT2D eigenvalue weighted by Gasteiger charge is -2.30. The number of anilines is 1. The van der Waals surface area contributed by atoms with E-state index >= 15 is 0 Å². The summed E-state index contributed by atoms with van der Waals surface area (Å²) in [5.74, 6) is 1.18. The lowest BCUT2D eigenvalue weighted by Crippen LogP contribution is -2.39. The maximum absolute atomic E-state index is 12.8. The number of hydrogen-bond acceptors (Lipinski definition) is 4. The maximum atomic E-state index is 12.8. The minimum Gasteiger partial charge on any atom is -0.354 e. The molecule has 1 unspecified atom stereocenters. The average molecular weight is 342 g/mol. The summed E-state index contributed by atoms with van der Waals surface area (Å²) in [6.07, 6.45) is 10.7. The Kier molecular flexibility index (Phi) is 6.05. The van der Waals surface area contributed by atoms with E-state index in [-0.39, 0.29) is 5.91 Å². The first kappa shape index (κ1) is 17.9. The number of allylic oxidation sites excluding steroid dienone is 1. The Morgan fingerprint density at radius 3 is 2.96 bits per heavy atom. The van der Waals surface area contributed by atoms with Gasteiger partial charge in [-0.2, -0.15) is 0 Å². The van der Waals surface area contributed by atoms with Crippen molar-refractivity contribution in [1.29, 1.82) is 0 Å². The van der Waals surface area contributed by atoms with E-state index in [9.17, 15) is 4.79 Å². The van der Waals surface area contributed by atoms with Crippen LogP contribution in [0.1, 0.15) is 68.1 Å². The van der Waals surface area contributed by atoms with Gasteiger partial charge < -0.3 is 10.2 Å². The van der Waals surface area contributed by atoms with Crippen LogP contribution in [0.5, 0.6) is 0 Å². The predicted octanol–water partition coefficient (Wildman–Crippen LogP) is 3.96. The third kappa shape index (κ3) is 5.03. The van der Waals surface area contributed by atoms with Crippen molar-refractivity contribution in [2.75, 3.05) is 25.0 Å². The van der Waals surface area contributed by atoms with Gasteiger partial charge in [0.05, 0.1) is 0 Å². The highest BCUT2D eigenvalue weighted by atomic mass is 16.2. The summed E-state index contributed by atoms with van der Waals surface area (Å²) in [7, 11) is 0. The van der Waals surface area contributed by atoms with E-state index in [4.69, 9.17) is 0 Å². The monoisotopic (exact) mass is 342 g/mol. The topological polar surface area (TPSA) is 58.1 Å². The molecule has 1 saturated heterocycles. The molecular formula is C20H30N4O. The van der Waals surface area contributed by atoms with Crippen LogP contribution in [0, 0.1) is 12.8 Å². The van der Waals surface area contributed by atoms with Crippen molar-refractivity contribution in [2.45, 2.75) is 58.8 Å². The third-order valence-corrected chi connectivity index (χ3v) is 5.13. The number of nitrogens with one attached hydrogen (secondary N) is 1. The minimum atomic E-state index is 0.0371. The number of carbonyl (C=O) groups excluding carboxylic acids is 1. The number of amides is 1. The van der Waals surface area contributed by atoms with Gasteiger partial charge in [0.2, 0.25) is 5.95 Å². The summed E-state index contributed by atoms with van der Waals surface area (Å²) in [4.78, 5) is 23.6. The van der Waals surface area contributed by atoms with E-state index < -0.39 is 0 Å². The van der Waals surface area contributed by atoms with Crippen LogP contribution in [0.3, 0.4) is 0 Å². The van der Waals surface area contributed by atoms with E-state index in [1.807, 2.05) is 11.8 Å². The molecule has 1 aliphatic heterocycles. The van der Waals surface area contributed by atoms with E-state index in [1.165, 1.54) is 37.7 Å². The van der Waals surface area contributed by atoms with Crippen LogP contribution in [-0.2, 0) is 0 Å². The first-order valence-corrected chi connectivity index (χ1v) is 9.68. The second-order valence-corrected chi connectivity index (χ2v) is 7.50. The number of hydrogen-bond donors (Lipinski definition) is 1. The Hall–Kier alpha value is -1.91. The molecule has 1 aliphatic carbocycles. The summed E-state index contributed by atoms with van der Waals surface area (Å²) in [5.41, 5.74) is 2.88. The summed E-state index contributed by atoms with van der Waals surface area (Å²) in [6, 6.07) is 1.80. The fraction of sp³-hybridized carbons (Fsp3) is 0.650. The van der Waals surface area contributed by atoms with Crippen molar-refractivity contribution in [3.63, 3.8) is 0 Å². The number of rotatable bonds is 5. The van der Waals surface area contributed by atoms with Gasteiger partial charge in [0.25, 0.3) is 5.91 Å².